The molecular weight excluding hydrogens is 128 g/mol. The average Bonchev–Trinajstić information content (AvgIpc) is 2.29. The molecule has 2 aliphatic rings. The van der Waals surface area contributed by atoms with Crippen LogP contribution in [0, 0.1) is 5.92 Å². The Hall–Kier alpha value is -0.370. The van der Waals surface area contributed by atoms with Gasteiger partial charge in [-0.1, -0.05) is 6.92 Å². The van der Waals surface area contributed by atoms with Gasteiger partial charge in [0.25, 0.3) is 0 Å². The molecule has 2 aliphatic heterocycles. The summed E-state index contributed by atoms with van der Waals surface area (Å²) in [6.07, 6.45) is 3.38. The van der Waals surface area contributed by atoms with Gasteiger partial charge in [0, 0.05) is 12.3 Å². The first-order valence-corrected chi connectivity index (χ1v) is 3.95. The summed E-state index contributed by atoms with van der Waals surface area (Å²) in [7, 11) is 0. The molecule has 2 heteroatoms. The van der Waals surface area contributed by atoms with Crippen molar-refractivity contribution in [2.45, 2.75) is 38.4 Å². The van der Waals surface area contributed by atoms with Crippen molar-refractivity contribution in [2.24, 2.45) is 5.92 Å². The van der Waals surface area contributed by atoms with Crippen molar-refractivity contribution in [3.8, 4) is 0 Å². The lowest BCUT2D eigenvalue weighted by molar-refractivity contribution is -0.136. The molecule has 0 unspecified atom stereocenters. The fourth-order valence-electron chi connectivity index (χ4n) is 1.87. The lowest BCUT2D eigenvalue weighted by Gasteiger charge is -2.24. The molecule has 0 aromatic heterocycles. The highest BCUT2D eigenvalue weighted by Crippen LogP contribution is 2.33. The molecule has 2 rings (SSSR count). The van der Waals surface area contributed by atoms with Gasteiger partial charge in [0.2, 0.25) is 0 Å². The van der Waals surface area contributed by atoms with Crippen molar-refractivity contribution >= 4 is 5.78 Å². The van der Waals surface area contributed by atoms with Crippen molar-refractivity contribution in [1.29, 1.82) is 0 Å². The molecule has 0 aromatic rings. The van der Waals surface area contributed by atoms with Crippen LogP contribution in [0.2, 0.25) is 0 Å². The van der Waals surface area contributed by atoms with E-state index in [1.54, 1.807) is 0 Å². The standard InChI is InChI=1S/C8H12O2/c1-5-7(9)4-6-2-3-8(5)10-6/h5-6,8H,2-4H2,1H3/t5-,6-,8+/m0/s1. The maximum Gasteiger partial charge on any atom is 0.140 e. The van der Waals surface area contributed by atoms with Crippen LogP contribution in [-0.4, -0.2) is 18.0 Å². The zero-order chi connectivity index (χ0) is 7.14. The van der Waals surface area contributed by atoms with E-state index in [4.69, 9.17) is 4.74 Å². The third kappa shape index (κ3) is 0.788. The third-order valence-corrected chi connectivity index (χ3v) is 2.63. The molecule has 0 saturated carbocycles. The molecule has 0 spiro atoms. The highest BCUT2D eigenvalue weighted by Gasteiger charge is 2.39. The van der Waals surface area contributed by atoms with E-state index in [0.717, 1.165) is 12.8 Å². The molecule has 56 valence electrons. The highest BCUT2D eigenvalue weighted by atomic mass is 16.5. The highest BCUT2D eigenvalue weighted by molar-refractivity contribution is 5.82. The summed E-state index contributed by atoms with van der Waals surface area (Å²) in [5.41, 5.74) is 0. The summed E-state index contributed by atoms with van der Waals surface area (Å²) in [6, 6.07) is 0. The van der Waals surface area contributed by atoms with Gasteiger partial charge in [-0.05, 0) is 12.8 Å². The van der Waals surface area contributed by atoms with Gasteiger partial charge >= 0.3 is 0 Å². The van der Waals surface area contributed by atoms with E-state index in [1.165, 1.54) is 0 Å². The van der Waals surface area contributed by atoms with Crippen LogP contribution in [0.25, 0.3) is 0 Å². The van der Waals surface area contributed by atoms with Crippen molar-refractivity contribution in [3.05, 3.63) is 0 Å². The molecule has 2 bridgehead atoms. The van der Waals surface area contributed by atoms with Crippen LogP contribution in [0.1, 0.15) is 26.2 Å². The molecule has 2 nitrogen and oxygen atoms in total. The Morgan fingerprint density at radius 2 is 2.30 bits per heavy atom. The van der Waals surface area contributed by atoms with Crippen molar-refractivity contribution in [1.82, 2.24) is 0 Å². The first kappa shape index (κ1) is 6.35. The minimum atomic E-state index is 0.166. The van der Waals surface area contributed by atoms with Crippen molar-refractivity contribution < 1.29 is 9.53 Å². The van der Waals surface area contributed by atoms with Gasteiger partial charge in [0.15, 0.2) is 0 Å². The van der Waals surface area contributed by atoms with Crippen molar-refractivity contribution in [3.63, 3.8) is 0 Å². The van der Waals surface area contributed by atoms with E-state index in [0.29, 0.717) is 12.2 Å². The van der Waals surface area contributed by atoms with E-state index >= 15 is 0 Å². The Labute approximate surface area is 60.6 Å². The molecule has 10 heavy (non-hydrogen) atoms. The monoisotopic (exact) mass is 140 g/mol. The van der Waals surface area contributed by atoms with Gasteiger partial charge in [-0.2, -0.15) is 0 Å². The van der Waals surface area contributed by atoms with Gasteiger partial charge in [-0.25, -0.2) is 0 Å². The minimum Gasteiger partial charge on any atom is -0.374 e. The molecular formula is C8H12O2. The molecule has 0 aromatic carbocycles. The topological polar surface area (TPSA) is 26.3 Å². The summed E-state index contributed by atoms with van der Waals surface area (Å²) in [6.45, 7) is 1.98. The largest absolute Gasteiger partial charge is 0.374 e. The molecule has 2 heterocycles. The van der Waals surface area contributed by atoms with E-state index in [1.807, 2.05) is 6.92 Å². The number of rotatable bonds is 0. The van der Waals surface area contributed by atoms with Crippen molar-refractivity contribution in [2.75, 3.05) is 0 Å². The van der Waals surface area contributed by atoms with Crippen LogP contribution in [0.4, 0.5) is 0 Å². The van der Waals surface area contributed by atoms with Gasteiger partial charge in [0.05, 0.1) is 12.2 Å². The Kier molecular flexibility index (Phi) is 1.31. The SMILES string of the molecule is C[C@H]1C(=O)C[C@@H]2CC[C@H]1O2. The second kappa shape index (κ2) is 2.06. The zero-order valence-corrected chi connectivity index (χ0v) is 6.17. The number of fused-ring (bicyclic) bond motifs is 2. The number of carbonyl (C=O) groups excluding carboxylic acids is 1. The summed E-state index contributed by atoms with van der Waals surface area (Å²) < 4.78 is 5.56. The van der Waals surface area contributed by atoms with Crippen LogP contribution >= 0.6 is 0 Å². The first-order valence-electron chi connectivity index (χ1n) is 3.95. The van der Waals surface area contributed by atoms with Crippen LogP contribution in [0.3, 0.4) is 0 Å². The van der Waals surface area contributed by atoms with Crippen LogP contribution in [-0.2, 0) is 9.53 Å². The van der Waals surface area contributed by atoms with Gasteiger partial charge in [-0.3, -0.25) is 4.79 Å². The summed E-state index contributed by atoms with van der Waals surface area (Å²) >= 11 is 0. The molecule has 2 fully saturated rings. The number of Topliss-reactive ketones (excluding diaryl/α,β-unsaturated/α-hetero) is 1. The Balaban J connectivity index is 2.17. The van der Waals surface area contributed by atoms with E-state index in [-0.39, 0.29) is 18.1 Å². The van der Waals surface area contributed by atoms with Gasteiger partial charge < -0.3 is 4.74 Å². The number of hydrogen-bond donors (Lipinski definition) is 0. The summed E-state index contributed by atoms with van der Waals surface area (Å²) in [5, 5.41) is 0. The molecule has 0 amide bonds. The number of hydrogen-bond acceptors (Lipinski definition) is 2. The number of ether oxygens (including phenoxy) is 1. The summed E-state index contributed by atoms with van der Waals surface area (Å²) in [4.78, 5) is 11.2. The Morgan fingerprint density at radius 1 is 1.50 bits per heavy atom. The lowest BCUT2D eigenvalue weighted by atomic mass is 9.96. The van der Waals surface area contributed by atoms with E-state index < -0.39 is 0 Å². The second-order valence-corrected chi connectivity index (χ2v) is 3.33. The Morgan fingerprint density at radius 3 is 3.10 bits per heavy atom. The van der Waals surface area contributed by atoms with Gasteiger partial charge in [-0.15, -0.1) is 0 Å². The van der Waals surface area contributed by atoms with Crippen LogP contribution in [0.15, 0.2) is 0 Å². The molecule has 2 saturated heterocycles. The fourth-order valence-corrected chi connectivity index (χ4v) is 1.87. The smallest absolute Gasteiger partial charge is 0.140 e. The van der Waals surface area contributed by atoms with E-state index in [2.05, 4.69) is 0 Å². The molecule has 0 aliphatic carbocycles. The average molecular weight is 140 g/mol. The fraction of sp³-hybridized carbons (Fsp3) is 0.875. The second-order valence-electron chi connectivity index (χ2n) is 3.33. The van der Waals surface area contributed by atoms with Crippen LogP contribution < -0.4 is 0 Å². The molecule has 0 radical (unpaired) electrons. The zero-order valence-electron chi connectivity index (χ0n) is 6.17. The lowest BCUT2D eigenvalue weighted by Crippen LogP contribution is -2.33. The first-order chi connectivity index (χ1) is 4.77. The predicted molar refractivity (Wildman–Crippen MR) is 36.7 cm³/mol. The number of ketones is 1. The minimum absolute atomic E-state index is 0.166. The maximum absolute atomic E-state index is 11.2. The van der Waals surface area contributed by atoms with E-state index in [9.17, 15) is 4.79 Å². The quantitative estimate of drug-likeness (QED) is 0.504. The molecule has 0 N–H and O–H groups in total. The Bertz CT molecular complexity index is 165. The molecule has 3 atom stereocenters. The number of carbonyl (C=O) groups is 1. The van der Waals surface area contributed by atoms with Crippen LogP contribution in [0.5, 0.6) is 0 Å². The van der Waals surface area contributed by atoms with Gasteiger partial charge in [0.1, 0.15) is 5.78 Å². The summed E-state index contributed by atoms with van der Waals surface area (Å²) in [5.74, 6) is 0.567. The predicted octanol–water partition coefficient (Wildman–Crippen LogP) is 1.14. The normalized spacial score (nSPS) is 46.1. The maximum atomic E-state index is 11.2. The third-order valence-electron chi connectivity index (χ3n) is 2.63.